The van der Waals surface area contributed by atoms with Gasteiger partial charge < -0.3 is 4.74 Å². The molecule has 1 fully saturated rings. The van der Waals surface area contributed by atoms with Crippen LogP contribution in [0.3, 0.4) is 0 Å². The van der Waals surface area contributed by atoms with Gasteiger partial charge in [0.15, 0.2) is 0 Å². The van der Waals surface area contributed by atoms with Crippen molar-refractivity contribution in [3.63, 3.8) is 0 Å². The first kappa shape index (κ1) is 13.1. The zero-order valence-corrected chi connectivity index (χ0v) is 10.6. The SMILES string of the molecule is [B]C(C)(C)[C@@H](C)COCC1CCCCC1. The molecule has 0 bridgehead atoms. The molecule has 0 aliphatic heterocycles. The van der Waals surface area contributed by atoms with Gasteiger partial charge in [0.2, 0.25) is 0 Å². The number of ether oxygens (including phenoxy) is 1. The maximum Gasteiger partial charge on any atom is 0.0743 e. The smallest absolute Gasteiger partial charge is 0.0743 e. The van der Waals surface area contributed by atoms with Crippen LogP contribution in [0.1, 0.15) is 52.9 Å². The lowest BCUT2D eigenvalue weighted by Gasteiger charge is -2.29. The highest BCUT2D eigenvalue weighted by Gasteiger charge is 2.20. The number of hydrogen-bond acceptors (Lipinski definition) is 1. The molecule has 86 valence electrons. The molecule has 2 radical (unpaired) electrons. The van der Waals surface area contributed by atoms with E-state index in [-0.39, 0.29) is 5.31 Å². The summed E-state index contributed by atoms with van der Waals surface area (Å²) in [5.41, 5.74) is 0. The largest absolute Gasteiger partial charge is 0.381 e. The molecule has 0 saturated heterocycles. The minimum atomic E-state index is -0.118. The molecule has 1 aliphatic rings. The van der Waals surface area contributed by atoms with Crippen molar-refractivity contribution in [3.8, 4) is 0 Å². The van der Waals surface area contributed by atoms with Gasteiger partial charge in [-0.15, -0.1) is 0 Å². The first-order valence-electron chi connectivity index (χ1n) is 6.37. The molecule has 0 N–H and O–H groups in total. The van der Waals surface area contributed by atoms with Crippen LogP contribution in [-0.4, -0.2) is 21.1 Å². The van der Waals surface area contributed by atoms with Gasteiger partial charge >= 0.3 is 0 Å². The summed E-state index contributed by atoms with van der Waals surface area (Å²) in [4.78, 5) is 0. The second kappa shape index (κ2) is 5.93. The average molecular weight is 208 g/mol. The first-order chi connectivity index (χ1) is 7.00. The molecular formula is C13H25BO. The van der Waals surface area contributed by atoms with Crippen molar-refractivity contribution in [2.45, 2.75) is 58.2 Å². The minimum absolute atomic E-state index is 0.118. The third-order valence-corrected chi connectivity index (χ3v) is 3.72. The summed E-state index contributed by atoms with van der Waals surface area (Å²) in [6.07, 6.45) is 6.93. The summed E-state index contributed by atoms with van der Waals surface area (Å²) in [6, 6.07) is 0. The third kappa shape index (κ3) is 5.06. The second-order valence-corrected chi connectivity index (χ2v) is 5.76. The van der Waals surface area contributed by atoms with Gasteiger partial charge in [0.25, 0.3) is 0 Å². The van der Waals surface area contributed by atoms with E-state index in [0.717, 1.165) is 19.1 Å². The Hall–Kier alpha value is 0.0249. The Balaban J connectivity index is 2.10. The monoisotopic (exact) mass is 208 g/mol. The fourth-order valence-corrected chi connectivity index (χ4v) is 1.98. The summed E-state index contributed by atoms with van der Waals surface area (Å²) >= 11 is 0. The van der Waals surface area contributed by atoms with E-state index >= 15 is 0 Å². The van der Waals surface area contributed by atoms with E-state index in [0.29, 0.717) is 5.92 Å². The van der Waals surface area contributed by atoms with Gasteiger partial charge in [-0.3, -0.25) is 0 Å². The van der Waals surface area contributed by atoms with E-state index in [1.807, 2.05) is 0 Å². The van der Waals surface area contributed by atoms with Crippen LogP contribution < -0.4 is 0 Å². The van der Waals surface area contributed by atoms with Crippen LogP contribution in [-0.2, 0) is 4.74 Å². The van der Waals surface area contributed by atoms with Crippen molar-refractivity contribution in [3.05, 3.63) is 0 Å². The van der Waals surface area contributed by atoms with Gasteiger partial charge in [0.1, 0.15) is 0 Å². The molecule has 2 heteroatoms. The highest BCUT2D eigenvalue weighted by molar-refractivity contribution is 6.14. The van der Waals surface area contributed by atoms with Crippen LogP contribution >= 0.6 is 0 Å². The van der Waals surface area contributed by atoms with Crippen LogP contribution in [0.2, 0.25) is 5.31 Å². The minimum Gasteiger partial charge on any atom is -0.381 e. The molecule has 1 aliphatic carbocycles. The van der Waals surface area contributed by atoms with Gasteiger partial charge in [-0.05, 0) is 24.7 Å². The van der Waals surface area contributed by atoms with Gasteiger partial charge in [-0.2, -0.15) is 0 Å². The average Bonchev–Trinajstić information content (AvgIpc) is 2.18. The Labute approximate surface area is 96.4 Å². The van der Waals surface area contributed by atoms with E-state index in [1.165, 1.54) is 32.1 Å². The van der Waals surface area contributed by atoms with Crippen LogP contribution in [0.5, 0.6) is 0 Å². The van der Waals surface area contributed by atoms with Crippen molar-refractivity contribution in [2.75, 3.05) is 13.2 Å². The predicted molar refractivity (Wildman–Crippen MR) is 66.4 cm³/mol. The van der Waals surface area contributed by atoms with E-state index < -0.39 is 0 Å². The van der Waals surface area contributed by atoms with Crippen molar-refractivity contribution in [2.24, 2.45) is 11.8 Å². The molecule has 0 unspecified atom stereocenters. The van der Waals surface area contributed by atoms with Crippen molar-refractivity contribution in [1.29, 1.82) is 0 Å². The maximum atomic E-state index is 6.02. The lowest BCUT2D eigenvalue weighted by molar-refractivity contribution is 0.0560. The fourth-order valence-electron chi connectivity index (χ4n) is 1.98. The number of hydrogen-bond donors (Lipinski definition) is 0. The van der Waals surface area contributed by atoms with E-state index in [9.17, 15) is 0 Å². The molecule has 0 heterocycles. The molecule has 0 aromatic heterocycles. The normalized spacial score (nSPS) is 21.5. The Bertz CT molecular complexity index is 168. The molecule has 1 atom stereocenters. The van der Waals surface area contributed by atoms with Gasteiger partial charge in [-0.1, -0.05) is 45.3 Å². The molecule has 1 saturated carbocycles. The summed E-state index contributed by atoms with van der Waals surface area (Å²) in [5, 5.41) is -0.118. The third-order valence-electron chi connectivity index (χ3n) is 3.72. The topological polar surface area (TPSA) is 9.23 Å². The van der Waals surface area contributed by atoms with Crippen LogP contribution in [0.15, 0.2) is 0 Å². The highest BCUT2D eigenvalue weighted by atomic mass is 16.5. The van der Waals surface area contributed by atoms with Crippen LogP contribution in [0.4, 0.5) is 0 Å². The summed E-state index contributed by atoms with van der Waals surface area (Å²) < 4.78 is 5.78. The lowest BCUT2D eigenvalue weighted by atomic mass is 9.64. The Morgan fingerprint density at radius 1 is 1.27 bits per heavy atom. The Morgan fingerprint density at radius 2 is 1.87 bits per heavy atom. The summed E-state index contributed by atoms with van der Waals surface area (Å²) in [7, 11) is 6.02. The van der Waals surface area contributed by atoms with Crippen molar-refractivity contribution < 1.29 is 4.74 Å². The van der Waals surface area contributed by atoms with Crippen molar-refractivity contribution in [1.82, 2.24) is 0 Å². The van der Waals surface area contributed by atoms with Crippen molar-refractivity contribution >= 4 is 7.85 Å². The van der Waals surface area contributed by atoms with Gasteiger partial charge in [0, 0.05) is 13.2 Å². The predicted octanol–water partition coefficient (Wildman–Crippen LogP) is 3.59. The first-order valence-corrected chi connectivity index (χ1v) is 6.37. The molecule has 1 rings (SSSR count). The molecule has 1 nitrogen and oxygen atoms in total. The molecule has 0 amide bonds. The van der Waals surface area contributed by atoms with E-state index in [4.69, 9.17) is 12.6 Å². The zero-order valence-electron chi connectivity index (χ0n) is 10.6. The number of rotatable bonds is 5. The Kier molecular flexibility index (Phi) is 5.18. The highest BCUT2D eigenvalue weighted by Crippen LogP contribution is 2.30. The molecule has 0 aromatic rings. The second-order valence-electron chi connectivity index (χ2n) is 5.76. The Morgan fingerprint density at radius 3 is 2.40 bits per heavy atom. The van der Waals surface area contributed by atoms with Gasteiger partial charge in [0.05, 0.1) is 7.85 Å². The van der Waals surface area contributed by atoms with Crippen LogP contribution in [0.25, 0.3) is 0 Å². The summed E-state index contributed by atoms with van der Waals surface area (Å²) in [5.74, 6) is 1.24. The maximum absolute atomic E-state index is 6.02. The quantitative estimate of drug-likeness (QED) is 0.627. The molecule has 0 spiro atoms. The molecular weight excluding hydrogens is 183 g/mol. The van der Waals surface area contributed by atoms with E-state index in [2.05, 4.69) is 20.8 Å². The van der Waals surface area contributed by atoms with Gasteiger partial charge in [-0.25, -0.2) is 0 Å². The standard InChI is InChI=1S/C13H25BO/c1-11(13(2,3)14)9-15-10-12-7-5-4-6-8-12/h11-12H,4-10H2,1-3H3/t11-/m0/s1. The lowest BCUT2D eigenvalue weighted by Crippen LogP contribution is -2.22. The summed E-state index contributed by atoms with van der Waals surface area (Å²) in [6.45, 7) is 8.06. The fraction of sp³-hybridized carbons (Fsp3) is 1.00. The van der Waals surface area contributed by atoms with E-state index in [1.54, 1.807) is 0 Å². The zero-order chi connectivity index (χ0) is 11.3. The molecule has 0 aromatic carbocycles. The van der Waals surface area contributed by atoms with Crippen LogP contribution in [0, 0.1) is 11.8 Å². The molecule has 15 heavy (non-hydrogen) atoms.